The third-order valence-corrected chi connectivity index (χ3v) is 8.80. The van der Waals surface area contributed by atoms with Gasteiger partial charge in [0.1, 0.15) is 0 Å². The first-order valence-electron chi connectivity index (χ1n) is 16.7. The summed E-state index contributed by atoms with van der Waals surface area (Å²) in [7, 11) is 0. The van der Waals surface area contributed by atoms with Gasteiger partial charge in [0.2, 0.25) is 0 Å². The Morgan fingerprint density at radius 2 is 1.67 bits per heavy atom. The van der Waals surface area contributed by atoms with Gasteiger partial charge in [0.05, 0.1) is 5.76 Å². The molecule has 0 fully saturated rings. The van der Waals surface area contributed by atoms with Gasteiger partial charge in [-0.15, -0.1) is 29.1 Å². The average Bonchev–Trinajstić information content (AvgIpc) is 3.00. The summed E-state index contributed by atoms with van der Waals surface area (Å²) < 4.78 is 17.2. The number of carbonyl (C=O) groups excluding carboxylic acids is 1. The van der Waals surface area contributed by atoms with Crippen molar-refractivity contribution in [2.75, 3.05) is 0 Å². The van der Waals surface area contributed by atoms with Crippen LogP contribution in [0.1, 0.15) is 101 Å². The fraction of sp³-hybridized carbons (Fsp3) is 0.436. The molecule has 5 rings (SSSR count). The van der Waals surface area contributed by atoms with Gasteiger partial charge in [-0.2, -0.15) is 0 Å². The summed E-state index contributed by atoms with van der Waals surface area (Å²) >= 11 is 0. The van der Waals surface area contributed by atoms with E-state index < -0.39 is 6.37 Å². The molecule has 0 atom stereocenters. The Labute approximate surface area is 275 Å². The second-order valence-electron chi connectivity index (χ2n) is 12.3. The van der Waals surface area contributed by atoms with Gasteiger partial charge < -0.3 is 10.1 Å². The fourth-order valence-corrected chi connectivity index (χ4v) is 6.35. The molecule has 0 bridgehead atoms. The molecule has 0 spiro atoms. The van der Waals surface area contributed by atoms with Crippen molar-refractivity contribution >= 4 is 27.3 Å². The van der Waals surface area contributed by atoms with Gasteiger partial charge in [-0.05, 0) is 65.6 Å². The van der Waals surface area contributed by atoms with E-state index in [9.17, 15) is 9.90 Å². The van der Waals surface area contributed by atoms with Gasteiger partial charge in [0, 0.05) is 52.4 Å². The van der Waals surface area contributed by atoms with Crippen molar-refractivity contribution in [2.45, 2.75) is 92.9 Å². The van der Waals surface area contributed by atoms with Gasteiger partial charge >= 0.3 is 0 Å². The molecular weight excluding hydrogens is 707 g/mol. The van der Waals surface area contributed by atoms with E-state index in [4.69, 9.17) is 7.73 Å². The Kier molecular flexibility index (Phi) is 10.9. The molecule has 3 aromatic carbocycles. The van der Waals surface area contributed by atoms with Crippen LogP contribution in [0.15, 0.2) is 66.6 Å². The Hall–Kier alpha value is -2.81. The van der Waals surface area contributed by atoms with E-state index in [2.05, 4.69) is 44.2 Å². The van der Waals surface area contributed by atoms with Crippen LogP contribution in [0.4, 0.5) is 0 Å². The summed E-state index contributed by atoms with van der Waals surface area (Å²) in [5.41, 5.74) is 4.94. The maximum Gasteiger partial charge on any atom is 0.162 e. The summed E-state index contributed by atoms with van der Waals surface area (Å²) in [4.78, 5) is 16.6. The maximum atomic E-state index is 11.7. The maximum absolute atomic E-state index is 11.7. The first-order chi connectivity index (χ1) is 20.8. The van der Waals surface area contributed by atoms with E-state index in [-0.39, 0.29) is 54.8 Å². The van der Waals surface area contributed by atoms with Crippen LogP contribution in [0.3, 0.4) is 0 Å². The topological polar surface area (TPSA) is 50.2 Å². The molecule has 0 saturated heterocycles. The van der Waals surface area contributed by atoms with Crippen molar-refractivity contribution in [1.82, 2.24) is 4.98 Å². The van der Waals surface area contributed by atoms with Crippen molar-refractivity contribution in [2.24, 2.45) is 17.8 Å². The molecular formula is C39H48IrNO2-. The second-order valence-corrected chi connectivity index (χ2v) is 12.3. The Morgan fingerprint density at radius 1 is 1.00 bits per heavy atom. The number of nitrogens with zero attached hydrogens (tertiary/aromatic N) is 1. The molecule has 0 saturated carbocycles. The first kappa shape index (κ1) is 31.6. The van der Waals surface area contributed by atoms with Crippen LogP contribution < -0.4 is 0 Å². The Bertz CT molecular complexity index is 1680. The van der Waals surface area contributed by atoms with Crippen LogP contribution in [-0.4, -0.2) is 15.9 Å². The number of carbonyl (C=O) groups is 1. The van der Waals surface area contributed by atoms with Crippen LogP contribution in [0.2, 0.25) is 0 Å². The number of rotatable bonds is 9. The van der Waals surface area contributed by atoms with Crippen LogP contribution in [0, 0.1) is 23.8 Å². The number of allylic oxidation sites excluding steroid dienone is 2. The number of pyridine rings is 1. The van der Waals surface area contributed by atoms with E-state index in [1.165, 1.54) is 28.0 Å². The van der Waals surface area contributed by atoms with Gasteiger partial charge in [-0.1, -0.05) is 103 Å². The molecule has 1 aliphatic carbocycles. The minimum absolute atomic E-state index is 0. The number of aliphatic hydroxyl groups excluding tert-OH is 1. The number of aliphatic hydroxyl groups is 1. The molecule has 3 nitrogen and oxygen atoms in total. The number of benzene rings is 3. The predicted octanol–water partition coefficient (Wildman–Crippen LogP) is 10.6. The van der Waals surface area contributed by atoms with Crippen LogP contribution in [0.5, 0.6) is 0 Å². The predicted molar refractivity (Wildman–Crippen MR) is 178 cm³/mol. The summed E-state index contributed by atoms with van der Waals surface area (Å²) in [6, 6.07) is 20.0. The average molecular weight is 757 g/mol. The quantitative estimate of drug-likeness (QED) is 0.105. The SMILES string of the molecule is CCC(CC)C(=O)/C=C(\O)C(CC)CC.[2H]C([2H])(c1ccc2cnc3c(c2c1)C(C)(C)c1cccc2cc[c-]c-3c12)C(C)C.[Ir]. The normalized spacial score (nSPS) is 14.6. The van der Waals surface area contributed by atoms with E-state index in [0.29, 0.717) is 0 Å². The smallest absolute Gasteiger partial charge is 0.162 e. The van der Waals surface area contributed by atoms with Crippen LogP contribution in [0.25, 0.3) is 32.8 Å². The number of hydrogen-bond acceptors (Lipinski definition) is 3. The monoisotopic (exact) mass is 757 g/mol. The molecule has 1 aliphatic rings. The van der Waals surface area contributed by atoms with E-state index >= 15 is 0 Å². The molecule has 1 aromatic heterocycles. The summed E-state index contributed by atoms with van der Waals surface area (Å²) in [6.07, 6.45) is 5.44. The Morgan fingerprint density at radius 3 is 2.30 bits per heavy atom. The number of aromatic nitrogens is 1. The molecule has 0 amide bonds. The number of ketones is 1. The Balaban J connectivity index is 0.000000297. The van der Waals surface area contributed by atoms with Crippen molar-refractivity contribution in [1.29, 1.82) is 0 Å². The molecule has 1 heterocycles. The zero-order chi connectivity index (χ0) is 32.4. The molecule has 0 unspecified atom stereocenters. The number of hydrogen-bond donors (Lipinski definition) is 1. The van der Waals surface area contributed by atoms with Crippen molar-refractivity contribution in [3.8, 4) is 11.3 Å². The van der Waals surface area contributed by atoms with Gasteiger partial charge in [0.15, 0.2) is 5.78 Å². The van der Waals surface area contributed by atoms with Crippen LogP contribution >= 0.6 is 0 Å². The van der Waals surface area contributed by atoms with Crippen molar-refractivity contribution < 1.29 is 32.7 Å². The van der Waals surface area contributed by atoms with Crippen LogP contribution in [-0.2, 0) is 36.7 Å². The van der Waals surface area contributed by atoms with E-state index in [1.807, 2.05) is 72.0 Å². The third kappa shape index (κ3) is 7.13. The molecule has 43 heavy (non-hydrogen) atoms. The van der Waals surface area contributed by atoms with E-state index in [1.54, 1.807) is 0 Å². The van der Waals surface area contributed by atoms with Crippen molar-refractivity contribution in [3.63, 3.8) is 0 Å². The summed E-state index contributed by atoms with van der Waals surface area (Å²) in [6.45, 7) is 16.4. The zero-order valence-electron chi connectivity index (χ0n) is 29.0. The summed E-state index contributed by atoms with van der Waals surface area (Å²) in [5.74, 6) is 0.444. The molecule has 231 valence electrons. The first-order valence-corrected chi connectivity index (χ1v) is 15.7. The van der Waals surface area contributed by atoms with Gasteiger partial charge in [-0.3, -0.25) is 4.79 Å². The van der Waals surface area contributed by atoms with E-state index in [0.717, 1.165) is 53.3 Å². The molecule has 0 aliphatic heterocycles. The molecule has 4 aromatic rings. The molecule has 4 heteroatoms. The standard InChI is InChI=1S/C26H24N.C13H24O2.Ir/c1-16(2)13-17-11-12-19-15-27-25-20-9-5-7-18-8-6-10-22(23(18)20)26(3,4)24(25)21(19)14-17;1-5-10(6-2)12(14)9-13(15)11(7-3)8-4;/h5-8,10-12,14-16H,13H2,1-4H3;9-11,14H,5-8H2,1-4H3;/q-1;;/b;12-9-;/i13D2;;. The molecule has 1 N–H and O–H groups in total. The van der Waals surface area contributed by atoms with Gasteiger partial charge in [-0.25, -0.2) is 0 Å². The third-order valence-electron chi connectivity index (χ3n) is 8.80. The largest absolute Gasteiger partial charge is 0.512 e. The zero-order valence-corrected chi connectivity index (χ0v) is 29.4. The molecule has 1 radical (unpaired) electrons. The van der Waals surface area contributed by atoms with Gasteiger partial charge in [0.25, 0.3) is 0 Å². The number of fused-ring (bicyclic) bond motifs is 4. The van der Waals surface area contributed by atoms with Crippen molar-refractivity contribution in [3.05, 3.63) is 89.3 Å². The second kappa shape index (κ2) is 14.8. The minimum atomic E-state index is -1.38. The fourth-order valence-electron chi connectivity index (χ4n) is 6.35. The minimum Gasteiger partial charge on any atom is -0.512 e. The summed E-state index contributed by atoms with van der Waals surface area (Å²) in [5, 5.41) is 14.3.